The molecule has 18 heavy (non-hydrogen) atoms. The Hall–Kier alpha value is -2.03. The Bertz CT molecular complexity index is 437. The Kier molecular flexibility index (Phi) is 4.18. The second-order valence-electron chi connectivity index (χ2n) is 3.99. The number of terminal acetylenes is 1. The van der Waals surface area contributed by atoms with Gasteiger partial charge in [0.25, 0.3) is 0 Å². The standard InChI is InChI=1S/C12H17N5O/c1-3-4-9-18-12-15-10(13-2)14-11(16-12)17-7-5-6-8-17/h1H,4-9H2,2H3,(H,13,14,15,16). The molecule has 6 nitrogen and oxygen atoms in total. The van der Waals surface area contributed by atoms with Gasteiger partial charge < -0.3 is 15.0 Å². The van der Waals surface area contributed by atoms with Crippen LogP contribution in [0.3, 0.4) is 0 Å². The van der Waals surface area contributed by atoms with E-state index in [1.165, 1.54) is 12.8 Å². The lowest BCUT2D eigenvalue weighted by Gasteiger charge is -2.16. The van der Waals surface area contributed by atoms with Crippen LogP contribution in [0.5, 0.6) is 6.01 Å². The molecule has 0 spiro atoms. The van der Waals surface area contributed by atoms with Crippen molar-refractivity contribution in [3.63, 3.8) is 0 Å². The van der Waals surface area contributed by atoms with Gasteiger partial charge >= 0.3 is 6.01 Å². The first-order valence-electron chi connectivity index (χ1n) is 6.08. The van der Waals surface area contributed by atoms with E-state index in [9.17, 15) is 0 Å². The molecule has 1 aromatic heterocycles. The zero-order valence-electron chi connectivity index (χ0n) is 10.5. The van der Waals surface area contributed by atoms with E-state index in [2.05, 4.69) is 31.1 Å². The number of nitrogens with one attached hydrogen (secondary N) is 1. The van der Waals surface area contributed by atoms with E-state index < -0.39 is 0 Å². The Balaban J connectivity index is 2.13. The summed E-state index contributed by atoms with van der Waals surface area (Å²) >= 11 is 0. The second kappa shape index (κ2) is 6.05. The number of hydrogen-bond acceptors (Lipinski definition) is 6. The van der Waals surface area contributed by atoms with Gasteiger partial charge in [0.15, 0.2) is 0 Å². The summed E-state index contributed by atoms with van der Waals surface area (Å²) in [6.07, 6.45) is 8.06. The van der Waals surface area contributed by atoms with Crippen molar-refractivity contribution in [2.24, 2.45) is 0 Å². The van der Waals surface area contributed by atoms with Crippen LogP contribution in [-0.4, -0.2) is 41.7 Å². The molecule has 0 amide bonds. The smallest absolute Gasteiger partial charge is 0.323 e. The topological polar surface area (TPSA) is 63.2 Å². The Morgan fingerprint density at radius 2 is 2.11 bits per heavy atom. The number of hydrogen-bond donors (Lipinski definition) is 1. The second-order valence-corrected chi connectivity index (χ2v) is 3.99. The van der Waals surface area contributed by atoms with Crippen molar-refractivity contribution in [2.45, 2.75) is 19.3 Å². The minimum absolute atomic E-state index is 0.325. The molecule has 0 unspecified atom stereocenters. The summed E-state index contributed by atoms with van der Waals surface area (Å²) in [5.74, 6) is 3.70. The highest BCUT2D eigenvalue weighted by molar-refractivity contribution is 5.38. The molecule has 1 aliphatic rings. The number of anilines is 2. The van der Waals surface area contributed by atoms with E-state index in [1.54, 1.807) is 7.05 Å². The summed E-state index contributed by atoms with van der Waals surface area (Å²) in [4.78, 5) is 14.9. The van der Waals surface area contributed by atoms with E-state index in [1.807, 2.05) is 0 Å². The van der Waals surface area contributed by atoms with Crippen LogP contribution >= 0.6 is 0 Å². The Morgan fingerprint density at radius 1 is 1.33 bits per heavy atom. The Labute approximate surface area is 107 Å². The highest BCUT2D eigenvalue weighted by Crippen LogP contribution is 2.19. The van der Waals surface area contributed by atoms with Crippen molar-refractivity contribution in [3.05, 3.63) is 0 Å². The highest BCUT2D eigenvalue weighted by Gasteiger charge is 2.17. The summed E-state index contributed by atoms with van der Waals surface area (Å²) in [5.41, 5.74) is 0. The summed E-state index contributed by atoms with van der Waals surface area (Å²) in [6, 6.07) is 0.325. The first-order valence-corrected chi connectivity index (χ1v) is 6.08. The number of rotatable bonds is 5. The van der Waals surface area contributed by atoms with Gasteiger partial charge in [0.2, 0.25) is 11.9 Å². The normalized spacial score (nSPS) is 14.3. The lowest BCUT2D eigenvalue weighted by Crippen LogP contribution is -2.21. The quantitative estimate of drug-likeness (QED) is 0.616. The molecule has 0 aliphatic carbocycles. The third-order valence-corrected chi connectivity index (χ3v) is 2.69. The van der Waals surface area contributed by atoms with Gasteiger partial charge in [-0.05, 0) is 12.8 Å². The van der Waals surface area contributed by atoms with Gasteiger partial charge in [-0.3, -0.25) is 0 Å². The average Bonchev–Trinajstić information content (AvgIpc) is 2.92. The van der Waals surface area contributed by atoms with Crippen LogP contribution in [0.4, 0.5) is 11.9 Å². The summed E-state index contributed by atoms with van der Waals surface area (Å²) in [7, 11) is 1.77. The third kappa shape index (κ3) is 3.00. The number of aromatic nitrogens is 3. The molecule has 0 saturated carbocycles. The molecule has 1 aliphatic heterocycles. The van der Waals surface area contributed by atoms with Gasteiger partial charge in [-0.2, -0.15) is 15.0 Å². The van der Waals surface area contributed by atoms with Crippen LogP contribution < -0.4 is 15.0 Å². The molecule has 96 valence electrons. The first kappa shape index (κ1) is 12.4. The zero-order chi connectivity index (χ0) is 12.8. The molecular formula is C12H17N5O. The maximum atomic E-state index is 5.42. The van der Waals surface area contributed by atoms with Crippen molar-refractivity contribution < 1.29 is 4.74 Å². The monoisotopic (exact) mass is 247 g/mol. The fraction of sp³-hybridized carbons (Fsp3) is 0.583. The van der Waals surface area contributed by atoms with Gasteiger partial charge in [0, 0.05) is 26.6 Å². The highest BCUT2D eigenvalue weighted by atomic mass is 16.5. The van der Waals surface area contributed by atoms with Gasteiger partial charge in [-0.25, -0.2) is 0 Å². The molecule has 2 heterocycles. The van der Waals surface area contributed by atoms with Crippen LogP contribution in [0.2, 0.25) is 0 Å². The largest absolute Gasteiger partial charge is 0.462 e. The maximum absolute atomic E-state index is 5.42. The fourth-order valence-corrected chi connectivity index (χ4v) is 1.78. The predicted molar refractivity (Wildman–Crippen MR) is 69.8 cm³/mol. The number of ether oxygens (including phenoxy) is 1. The Morgan fingerprint density at radius 3 is 2.78 bits per heavy atom. The number of nitrogens with zero attached hydrogens (tertiary/aromatic N) is 4. The van der Waals surface area contributed by atoms with Gasteiger partial charge in [-0.1, -0.05) is 0 Å². The fourth-order valence-electron chi connectivity index (χ4n) is 1.78. The zero-order valence-corrected chi connectivity index (χ0v) is 10.5. The van der Waals surface area contributed by atoms with Crippen molar-refractivity contribution in [2.75, 3.05) is 37.0 Å². The molecule has 1 saturated heterocycles. The molecule has 0 atom stereocenters. The van der Waals surface area contributed by atoms with Crippen LogP contribution in [0.25, 0.3) is 0 Å². The molecule has 2 rings (SSSR count). The third-order valence-electron chi connectivity index (χ3n) is 2.69. The van der Waals surface area contributed by atoms with Crippen molar-refractivity contribution in [1.29, 1.82) is 0 Å². The van der Waals surface area contributed by atoms with Crippen LogP contribution in [0.1, 0.15) is 19.3 Å². The van der Waals surface area contributed by atoms with Crippen molar-refractivity contribution >= 4 is 11.9 Å². The van der Waals surface area contributed by atoms with E-state index in [4.69, 9.17) is 11.2 Å². The first-order chi connectivity index (χ1) is 8.83. The minimum atomic E-state index is 0.325. The van der Waals surface area contributed by atoms with E-state index in [0.29, 0.717) is 30.9 Å². The average molecular weight is 247 g/mol. The van der Waals surface area contributed by atoms with Crippen LogP contribution in [-0.2, 0) is 0 Å². The molecule has 0 radical (unpaired) electrons. The maximum Gasteiger partial charge on any atom is 0.323 e. The molecule has 1 aromatic rings. The van der Waals surface area contributed by atoms with Crippen LogP contribution in [0.15, 0.2) is 0 Å². The van der Waals surface area contributed by atoms with Gasteiger partial charge in [0.05, 0.1) is 0 Å². The predicted octanol–water partition coefficient (Wildman–Crippen LogP) is 0.916. The molecule has 1 N–H and O–H groups in total. The van der Waals surface area contributed by atoms with E-state index in [-0.39, 0.29) is 0 Å². The van der Waals surface area contributed by atoms with E-state index in [0.717, 1.165) is 13.1 Å². The van der Waals surface area contributed by atoms with Gasteiger partial charge in [-0.15, -0.1) is 12.3 Å². The van der Waals surface area contributed by atoms with Crippen LogP contribution in [0, 0.1) is 12.3 Å². The molecule has 1 fully saturated rings. The molecule has 0 aromatic carbocycles. The van der Waals surface area contributed by atoms with Crippen molar-refractivity contribution in [1.82, 2.24) is 15.0 Å². The van der Waals surface area contributed by atoms with E-state index >= 15 is 0 Å². The summed E-state index contributed by atoms with van der Waals surface area (Å²) in [6.45, 7) is 2.39. The lowest BCUT2D eigenvalue weighted by molar-refractivity contribution is 0.300. The molecule has 0 bridgehead atoms. The van der Waals surface area contributed by atoms with Gasteiger partial charge in [0.1, 0.15) is 6.61 Å². The SMILES string of the molecule is C#CCCOc1nc(NC)nc(N2CCCC2)n1. The summed E-state index contributed by atoms with van der Waals surface area (Å²) < 4.78 is 5.42. The summed E-state index contributed by atoms with van der Waals surface area (Å²) in [5, 5.41) is 2.91. The molecule has 6 heteroatoms. The van der Waals surface area contributed by atoms with Crippen molar-refractivity contribution in [3.8, 4) is 18.4 Å². The minimum Gasteiger partial charge on any atom is -0.462 e. The molecular weight excluding hydrogens is 230 g/mol. The lowest BCUT2D eigenvalue weighted by atomic mass is 10.4.